The highest BCUT2D eigenvalue weighted by molar-refractivity contribution is 5.77. The second-order valence-electron chi connectivity index (χ2n) is 4.97. The topological polar surface area (TPSA) is 59.6 Å². The molecule has 16 heavy (non-hydrogen) atoms. The number of rotatable bonds is 5. The zero-order valence-electron chi connectivity index (χ0n) is 9.95. The lowest BCUT2D eigenvalue weighted by Crippen LogP contribution is -2.34. The average molecular weight is 225 g/mol. The molecule has 0 aromatic heterocycles. The van der Waals surface area contributed by atoms with E-state index >= 15 is 0 Å². The van der Waals surface area contributed by atoms with E-state index in [0.717, 1.165) is 38.6 Å². The van der Waals surface area contributed by atoms with Crippen molar-refractivity contribution in [3.05, 3.63) is 0 Å². The first-order valence-corrected chi connectivity index (χ1v) is 6.46. The molecule has 1 unspecified atom stereocenters. The van der Waals surface area contributed by atoms with E-state index in [1.165, 1.54) is 25.7 Å². The number of hydrogen-bond acceptors (Lipinski definition) is 2. The molecule has 1 aliphatic heterocycles. The van der Waals surface area contributed by atoms with Crippen molar-refractivity contribution in [1.29, 1.82) is 0 Å². The summed E-state index contributed by atoms with van der Waals surface area (Å²) in [6.07, 6.45) is 6.36. The number of ether oxygens (including phenoxy) is 1. The van der Waals surface area contributed by atoms with Crippen LogP contribution in [0.5, 0.6) is 0 Å². The lowest BCUT2D eigenvalue weighted by molar-refractivity contribution is 0.184. The molecule has 2 fully saturated rings. The number of hydrogen-bond donors (Lipinski definition) is 2. The lowest BCUT2D eigenvalue weighted by atomic mass is 9.86. The predicted molar refractivity (Wildman–Crippen MR) is 65.4 cm³/mol. The molecule has 0 aromatic rings. The van der Waals surface area contributed by atoms with Gasteiger partial charge in [-0.1, -0.05) is 6.42 Å². The minimum absolute atomic E-state index is 0.616. The Kier molecular flexibility index (Phi) is 4.45. The minimum Gasteiger partial charge on any atom is -0.381 e. The zero-order chi connectivity index (χ0) is 11.2. The lowest BCUT2D eigenvalue weighted by Gasteiger charge is -2.23. The second kappa shape index (κ2) is 6.09. The summed E-state index contributed by atoms with van der Waals surface area (Å²) in [6, 6.07) is 0. The molecule has 4 nitrogen and oxygen atoms in total. The third-order valence-corrected chi connectivity index (χ3v) is 3.63. The molecule has 1 atom stereocenters. The molecule has 0 spiro atoms. The van der Waals surface area contributed by atoms with Gasteiger partial charge in [-0.05, 0) is 37.5 Å². The van der Waals surface area contributed by atoms with Crippen LogP contribution < -0.4 is 11.1 Å². The first kappa shape index (κ1) is 11.7. The highest BCUT2D eigenvalue weighted by atomic mass is 16.5. The minimum atomic E-state index is 0.616. The molecule has 0 amide bonds. The monoisotopic (exact) mass is 225 g/mol. The highest BCUT2D eigenvalue weighted by Gasteiger charge is 2.17. The molecule has 2 rings (SSSR count). The molecule has 4 heteroatoms. The summed E-state index contributed by atoms with van der Waals surface area (Å²) in [5.74, 6) is 2.13. The van der Waals surface area contributed by atoms with Gasteiger partial charge in [-0.25, -0.2) is 0 Å². The molecular formula is C12H23N3O. The van der Waals surface area contributed by atoms with Crippen molar-refractivity contribution in [2.75, 3.05) is 26.3 Å². The Bertz CT molecular complexity index is 232. The predicted octanol–water partition coefficient (Wildman–Crippen LogP) is 1.12. The van der Waals surface area contributed by atoms with E-state index in [9.17, 15) is 0 Å². The largest absolute Gasteiger partial charge is 0.381 e. The van der Waals surface area contributed by atoms with Crippen LogP contribution in [0.15, 0.2) is 4.99 Å². The van der Waals surface area contributed by atoms with Crippen molar-refractivity contribution in [3.8, 4) is 0 Å². The summed E-state index contributed by atoms with van der Waals surface area (Å²) in [5, 5.41) is 3.19. The molecule has 2 aliphatic rings. The second-order valence-corrected chi connectivity index (χ2v) is 4.97. The number of nitrogens with two attached hydrogens (primary N) is 1. The van der Waals surface area contributed by atoms with E-state index in [0.29, 0.717) is 11.9 Å². The van der Waals surface area contributed by atoms with E-state index in [1.807, 2.05) is 0 Å². The van der Waals surface area contributed by atoms with Gasteiger partial charge in [0.05, 0.1) is 0 Å². The SMILES string of the molecule is NC(=NCC1CCC1)NCCC1CCOC1. The Hall–Kier alpha value is -0.770. The molecule has 1 heterocycles. The third-order valence-electron chi connectivity index (χ3n) is 3.63. The maximum absolute atomic E-state index is 5.79. The van der Waals surface area contributed by atoms with Crippen LogP contribution in [0.1, 0.15) is 32.1 Å². The van der Waals surface area contributed by atoms with Crippen molar-refractivity contribution in [3.63, 3.8) is 0 Å². The van der Waals surface area contributed by atoms with Crippen LogP contribution >= 0.6 is 0 Å². The van der Waals surface area contributed by atoms with E-state index in [2.05, 4.69) is 10.3 Å². The summed E-state index contributed by atoms with van der Waals surface area (Å²) >= 11 is 0. The normalized spacial score (nSPS) is 26.8. The fourth-order valence-corrected chi connectivity index (χ4v) is 2.17. The van der Waals surface area contributed by atoms with Gasteiger partial charge in [-0.15, -0.1) is 0 Å². The summed E-state index contributed by atoms with van der Waals surface area (Å²) in [5.41, 5.74) is 5.79. The fraction of sp³-hybridized carbons (Fsp3) is 0.917. The van der Waals surface area contributed by atoms with Gasteiger partial charge < -0.3 is 15.8 Å². The standard InChI is InChI=1S/C12H23N3O/c13-12(15-8-10-2-1-3-10)14-6-4-11-5-7-16-9-11/h10-11H,1-9H2,(H3,13,14,15). The number of guanidine groups is 1. The summed E-state index contributed by atoms with van der Waals surface area (Å²) < 4.78 is 5.33. The van der Waals surface area contributed by atoms with Gasteiger partial charge >= 0.3 is 0 Å². The van der Waals surface area contributed by atoms with E-state index in [-0.39, 0.29) is 0 Å². The van der Waals surface area contributed by atoms with Crippen molar-refractivity contribution >= 4 is 5.96 Å². The molecule has 1 saturated heterocycles. The van der Waals surface area contributed by atoms with Crippen LogP contribution in [-0.4, -0.2) is 32.3 Å². The molecule has 3 N–H and O–H groups in total. The van der Waals surface area contributed by atoms with Gasteiger partial charge in [0.15, 0.2) is 5.96 Å². The fourth-order valence-electron chi connectivity index (χ4n) is 2.17. The summed E-state index contributed by atoms with van der Waals surface area (Å²) in [7, 11) is 0. The first-order valence-electron chi connectivity index (χ1n) is 6.46. The van der Waals surface area contributed by atoms with Crippen LogP contribution in [0, 0.1) is 11.8 Å². The molecule has 0 radical (unpaired) electrons. The zero-order valence-corrected chi connectivity index (χ0v) is 9.95. The number of nitrogens with one attached hydrogen (secondary N) is 1. The van der Waals surface area contributed by atoms with Crippen LogP contribution in [0.2, 0.25) is 0 Å². The Morgan fingerprint density at radius 3 is 2.81 bits per heavy atom. The van der Waals surface area contributed by atoms with Crippen molar-refractivity contribution < 1.29 is 4.74 Å². The van der Waals surface area contributed by atoms with Crippen LogP contribution in [-0.2, 0) is 4.74 Å². The van der Waals surface area contributed by atoms with E-state index in [4.69, 9.17) is 10.5 Å². The van der Waals surface area contributed by atoms with Crippen LogP contribution in [0.3, 0.4) is 0 Å². The van der Waals surface area contributed by atoms with Crippen molar-refractivity contribution in [2.45, 2.75) is 32.1 Å². The van der Waals surface area contributed by atoms with Crippen molar-refractivity contribution in [2.24, 2.45) is 22.6 Å². The van der Waals surface area contributed by atoms with Gasteiger partial charge in [0.2, 0.25) is 0 Å². The third kappa shape index (κ3) is 3.67. The maximum Gasteiger partial charge on any atom is 0.188 e. The van der Waals surface area contributed by atoms with Gasteiger partial charge in [-0.3, -0.25) is 4.99 Å². The molecule has 1 aliphatic carbocycles. The Morgan fingerprint density at radius 2 is 2.19 bits per heavy atom. The van der Waals surface area contributed by atoms with Crippen LogP contribution in [0.4, 0.5) is 0 Å². The average Bonchev–Trinajstić information content (AvgIpc) is 2.68. The van der Waals surface area contributed by atoms with Gasteiger partial charge in [0.1, 0.15) is 0 Å². The highest BCUT2D eigenvalue weighted by Crippen LogP contribution is 2.26. The van der Waals surface area contributed by atoms with Gasteiger partial charge in [-0.2, -0.15) is 0 Å². The quantitative estimate of drug-likeness (QED) is 0.544. The molecule has 0 bridgehead atoms. The van der Waals surface area contributed by atoms with Gasteiger partial charge in [0.25, 0.3) is 0 Å². The molecule has 0 aromatic carbocycles. The smallest absolute Gasteiger partial charge is 0.188 e. The summed E-state index contributed by atoms with van der Waals surface area (Å²) in [4.78, 5) is 4.36. The summed E-state index contributed by atoms with van der Waals surface area (Å²) in [6.45, 7) is 3.68. The molecular weight excluding hydrogens is 202 g/mol. The Balaban J connectivity index is 1.53. The maximum atomic E-state index is 5.79. The number of nitrogens with zero attached hydrogens (tertiary/aromatic N) is 1. The Morgan fingerprint density at radius 1 is 1.31 bits per heavy atom. The van der Waals surface area contributed by atoms with E-state index < -0.39 is 0 Å². The van der Waals surface area contributed by atoms with E-state index in [1.54, 1.807) is 0 Å². The number of aliphatic imine (C=N–C) groups is 1. The Labute approximate surface area is 97.6 Å². The van der Waals surface area contributed by atoms with Gasteiger partial charge in [0, 0.05) is 26.3 Å². The van der Waals surface area contributed by atoms with Crippen molar-refractivity contribution in [1.82, 2.24) is 5.32 Å². The van der Waals surface area contributed by atoms with Crippen LogP contribution in [0.25, 0.3) is 0 Å². The first-order chi connectivity index (χ1) is 7.84. The molecule has 92 valence electrons. The molecule has 1 saturated carbocycles.